The normalized spacial score (nSPS) is 22.1. The lowest BCUT2D eigenvalue weighted by molar-refractivity contribution is 0.00697. The van der Waals surface area contributed by atoms with Crippen molar-refractivity contribution in [1.29, 1.82) is 0 Å². The lowest BCUT2D eigenvalue weighted by Crippen LogP contribution is -2.25. The molecule has 2 heterocycles. The number of methoxy groups -OCH3 is 1. The summed E-state index contributed by atoms with van der Waals surface area (Å²) >= 11 is 0. The molecule has 0 aromatic carbocycles. The van der Waals surface area contributed by atoms with Gasteiger partial charge in [-0.3, -0.25) is 4.98 Å². The van der Waals surface area contributed by atoms with E-state index in [0.29, 0.717) is 0 Å². The first-order valence-corrected chi connectivity index (χ1v) is 6.17. The predicted octanol–water partition coefficient (Wildman–Crippen LogP) is 2.05. The van der Waals surface area contributed by atoms with Gasteiger partial charge in [0.25, 0.3) is 0 Å². The molecule has 1 saturated heterocycles. The number of rotatable bonds is 4. The van der Waals surface area contributed by atoms with Gasteiger partial charge in [0.2, 0.25) is 0 Å². The molecule has 94 valence electrons. The topological polar surface area (TPSA) is 57.4 Å². The first kappa shape index (κ1) is 12.3. The van der Waals surface area contributed by atoms with Gasteiger partial charge in [0.05, 0.1) is 24.9 Å². The summed E-state index contributed by atoms with van der Waals surface area (Å²) in [4.78, 5) is 4.31. The van der Waals surface area contributed by atoms with E-state index in [1.165, 1.54) is 12.8 Å². The zero-order valence-electron chi connectivity index (χ0n) is 10.3. The van der Waals surface area contributed by atoms with Crippen LogP contribution in [0.15, 0.2) is 18.3 Å². The Hall–Kier alpha value is -1.13. The van der Waals surface area contributed by atoms with Crippen molar-refractivity contribution in [3.05, 3.63) is 24.0 Å². The number of nitrogens with zero attached hydrogens (tertiary/aromatic N) is 1. The van der Waals surface area contributed by atoms with E-state index >= 15 is 0 Å². The van der Waals surface area contributed by atoms with Crippen LogP contribution in [0.25, 0.3) is 0 Å². The summed E-state index contributed by atoms with van der Waals surface area (Å²) in [6, 6.07) is 3.63. The molecule has 1 fully saturated rings. The Balaban J connectivity index is 2.00. The summed E-state index contributed by atoms with van der Waals surface area (Å²) in [6.45, 7) is 0.858. The maximum Gasteiger partial charge on any atom is 0.141 e. The standard InChI is InChI=1S/C13H20N2O2/c1-16-12-6-4-7-15-13(12)11(14)9-10-5-2-3-8-17-10/h4,6-7,10-11H,2-3,5,8-9,14H2,1H3. The van der Waals surface area contributed by atoms with E-state index in [4.69, 9.17) is 15.2 Å². The van der Waals surface area contributed by atoms with Crippen LogP contribution in [0, 0.1) is 0 Å². The van der Waals surface area contributed by atoms with E-state index in [2.05, 4.69) is 4.98 Å². The highest BCUT2D eigenvalue weighted by Crippen LogP contribution is 2.27. The molecule has 0 spiro atoms. The van der Waals surface area contributed by atoms with Gasteiger partial charge < -0.3 is 15.2 Å². The number of pyridine rings is 1. The highest BCUT2D eigenvalue weighted by atomic mass is 16.5. The summed E-state index contributed by atoms with van der Waals surface area (Å²) in [5.74, 6) is 0.760. The molecule has 2 rings (SSSR count). The maximum atomic E-state index is 6.18. The number of hydrogen-bond acceptors (Lipinski definition) is 4. The molecule has 1 aliphatic rings. The summed E-state index contributed by atoms with van der Waals surface area (Å²) in [5.41, 5.74) is 7.00. The number of aromatic nitrogens is 1. The molecule has 2 atom stereocenters. The Morgan fingerprint density at radius 3 is 3.18 bits per heavy atom. The summed E-state index contributed by atoms with van der Waals surface area (Å²) < 4.78 is 11.0. The molecule has 0 amide bonds. The van der Waals surface area contributed by atoms with Crippen LogP contribution in [-0.2, 0) is 4.74 Å². The van der Waals surface area contributed by atoms with Crippen LogP contribution in [0.1, 0.15) is 37.4 Å². The van der Waals surface area contributed by atoms with E-state index < -0.39 is 0 Å². The van der Waals surface area contributed by atoms with Crippen LogP contribution in [0.5, 0.6) is 5.75 Å². The van der Waals surface area contributed by atoms with Crippen molar-refractivity contribution in [2.45, 2.75) is 37.8 Å². The van der Waals surface area contributed by atoms with E-state index in [9.17, 15) is 0 Å². The van der Waals surface area contributed by atoms with Crippen LogP contribution >= 0.6 is 0 Å². The summed E-state index contributed by atoms with van der Waals surface area (Å²) in [5, 5.41) is 0. The highest BCUT2D eigenvalue weighted by Gasteiger charge is 2.21. The summed E-state index contributed by atoms with van der Waals surface area (Å²) in [7, 11) is 1.64. The maximum absolute atomic E-state index is 6.18. The molecule has 4 nitrogen and oxygen atoms in total. The van der Waals surface area contributed by atoms with Gasteiger partial charge in [-0.25, -0.2) is 0 Å². The van der Waals surface area contributed by atoms with Crippen LogP contribution in [0.2, 0.25) is 0 Å². The predicted molar refractivity (Wildman–Crippen MR) is 65.9 cm³/mol. The van der Waals surface area contributed by atoms with Gasteiger partial charge >= 0.3 is 0 Å². The van der Waals surface area contributed by atoms with Gasteiger partial charge in [-0.05, 0) is 37.8 Å². The minimum atomic E-state index is -0.116. The SMILES string of the molecule is COc1cccnc1C(N)CC1CCCCO1. The second-order valence-electron chi connectivity index (χ2n) is 4.42. The van der Waals surface area contributed by atoms with Gasteiger partial charge in [0.1, 0.15) is 5.75 Å². The monoisotopic (exact) mass is 236 g/mol. The third kappa shape index (κ3) is 3.17. The van der Waals surface area contributed by atoms with Crippen molar-refractivity contribution in [2.24, 2.45) is 5.73 Å². The van der Waals surface area contributed by atoms with Crippen molar-refractivity contribution >= 4 is 0 Å². The number of ether oxygens (including phenoxy) is 2. The second kappa shape index (κ2) is 5.98. The molecule has 2 unspecified atom stereocenters. The fraction of sp³-hybridized carbons (Fsp3) is 0.615. The molecule has 1 aromatic rings. The van der Waals surface area contributed by atoms with Crippen molar-refractivity contribution in [1.82, 2.24) is 4.98 Å². The van der Waals surface area contributed by atoms with Crippen molar-refractivity contribution in [2.75, 3.05) is 13.7 Å². The molecule has 4 heteroatoms. The Morgan fingerprint density at radius 1 is 1.59 bits per heavy atom. The Kier molecular flexibility index (Phi) is 4.34. The molecule has 0 bridgehead atoms. The van der Waals surface area contributed by atoms with Crippen LogP contribution in [0.3, 0.4) is 0 Å². The zero-order chi connectivity index (χ0) is 12.1. The number of nitrogens with two attached hydrogens (primary N) is 1. The van der Waals surface area contributed by atoms with Crippen molar-refractivity contribution in [3.63, 3.8) is 0 Å². The molecule has 2 N–H and O–H groups in total. The molecular formula is C13H20N2O2. The van der Waals surface area contributed by atoms with Gasteiger partial charge in [0.15, 0.2) is 0 Å². The van der Waals surface area contributed by atoms with Gasteiger partial charge in [-0.1, -0.05) is 0 Å². The molecule has 1 aliphatic heterocycles. The van der Waals surface area contributed by atoms with Crippen LogP contribution < -0.4 is 10.5 Å². The van der Waals surface area contributed by atoms with Crippen LogP contribution in [-0.4, -0.2) is 24.8 Å². The Labute approximate surface area is 102 Å². The lowest BCUT2D eigenvalue weighted by atomic mass is 10.00. The lowest BCUT2D eigenvalue weighted by Gasteiger charge is -2.25. The fourth-order valence-corrected chi connectivity index (χ4v) is 2.24. The Bertz CT molecular complexity index is 351. The average molecular weight is 236 g/mol. The average Bonchev–Trinajstić information content (AvgIpc) is 2.40. The molecule has 1 aromatic heterocycles. The molecule has 17 heavy (non-hydrogen) atoms. The van der Waals surface area contributed by atoms with Crippen molar-refractivity contribution < 1.29 is 9.47 Å². The molecule has 0 radical (unpaired) electrons. The summed E-state index contributed by atoms with van der Waals surface area (Å²) in [6.07, 6.45) is 6.33. The van der Waals surface area contributed by atoms with E-state index in [-0.39, 0.29) is 12.1 Å². The number of hydrogen-bond donors (Lipinski definition) is 1. The first-order chi connectivity index (χ1) is 8.31. The second-order valence-corrected chi connectivity index (χ2v) is 4.42. The van der Waals surface area contributed by atoms with Gasteiger partial charge in [0, 0.05) is 12.8 Å². The third-order valence-corrected chi connectivity index (χ3v) is 3.16. The highest BCUT2D eigenvalue weighted by molar-refractivity contribution is 5.29. The largest absolute Gasteiger partial charge is 0.495 e. The minimum Gasteiger partial charge on any atom is -0.495 e. The molecule has 0 aliphatic carbocycles. The molecular weight excluding hydrogens is 216 g/mol. The first-order valence-electron chi connectivity index (χ1n) is 6.17. The zero-order valence-corrected chi connectivity index (χ0v) is 10.3. The van der Waals surface area contributed by atoms with E-state index in [1.807, 2.05) is 12.1 Å². The van der Waals surface area contributed by atoms with E-state index in [0.717, 1.165) is 30.9 Å². The van der Waals surface area contributed by atoms with Gasteiger partial charge in [-0.15, -0.1) is 0 Å². The third-order valence-electron chi connectivity index (χ3n) is 3.16. The van der Waals surface area contributed by atoms with E-state index in [1.54, 1.807) is 13.3 Å². The van der Waals surface area contributed by atoms with Crippen molar-refractivity contribution in [3.8, 4) is 5.75 Å². The van der Waals surface area contributed by atoms with Crippen LogP contribution in [0.4, 0.5) is 0 Å². The molecule has 0 saturated carbocycles. The fourth-order valence-electron chi connectivity index (χ4n) is 2.24. The quantitative estimate of drug-likeness (QED) is 0.869. The Morgan fingerprint density at radius 2 is 2.47 bits per heavy atom. The smallest absolute Gasteiger partial charge is 0.141 e. The minimum absolute atomic E-state index is 0.116. The van der Waals surface area contributed by atoms with Gasteiger partial charge in [-0.2, -0.15) is 0 Å².